The summed E-state index contributed by atoms with van der Waals surface area (Å²) in [6, 6.07) is 10.9. The van der Waals surface area contributed by atoms with Gasteiger partial charge in [0.25, 0.3) is 0 Å². The number of nitrogens with one attached hydrogen (secondary N) is 1. The number of nitrogens with two attached hydrogens (primary N) is 1. The third-order valence-electron chi connectivity index (χ3n) is 3.40. The fourth-order valence-electron chi connectivity index (χ4n) is 2.50. The molecule has 0 fully saturated rings. The summed E-state index contributed by atoms with van der Waals surface area (Å²) in [5, 5.41) is 2.09. The summed E-state index contributed by atoms with van der Waals surface area (Å²) in [7, 11) is 0. The second kappa shape index (κ2) is 4.53. The molecule has 2 unspecified atom stereocenters. The number of halogens is 1. The van der Waals surface area contributed by atoms with Crippen LogP contribution in [0.2, 0.25) is 0 Å². The Morgan fingerprint density at radius 1 is 1.35 bits per heavy atom. The lowest BCUT2D eigenvalue weighted by Gasteiger charge is -2.36. The molecule has 0 bridgehead atoms. The van der Waals surface area contributed by atoms with E-state index in [1.807, 2.05) is 0 Å². The largest absolute Gasteiger partial charge is 0.271 e. The van der Waals surface area contributed by atoms with Crippen molar-refractivity contribution in [1.29, 1.82) is 0 Å². The molecule has 1 heterocycles. The fourth-order valence-corrected chi connectivity index (χ4v) is 4.24. The summed E-state index contributed by atoms with van der Waals surface area (Å²) >= 11 is 5.33. The van der Waals surface area contributed by atoms with E-state index in [0.717, 1.165) is 10.9 Å². The third kappa shape index (κ3) is 1.85. The van der Waals surface area contributed by atoms with Crippen LogP contribution < -0.4 is 11.3 Å². The van der Waals surface area contributed by atoms with Crippen LogP contribution in [0.15, 0.2) is 40.2 Å². The van der Waals surface area contributed by atoms with Gasteiger partial charge < -0.3 is 0 Å². The van der Waals surface area contributed by atoms with Crippen LogP contribution in [0, 0.1) is 0 Å². The molecular weight excluding hydrogens is 296 g/mol. The van der Waals surface area contributed by atoms with Crippen molar-refractivity contribution < 1.29 is 0 Å². The van der Waals surface area contributed by atoms with Crippen molar-refractivity contribution in [3.05, 3.63) is 56.2 Å². The highest BCUT2D eigenvalue weighted by Crippen LogP contribution is 2.45. The molecule has 1 aromatic heterocycles. The van der Waals surface area contributed by atoms with E-state index in [2.05, 4.69) is 57.1 Å². The molecule has 0 aliphatic heterocycles. The highest BCUT2D eigenvalue weighted by Gasteiger charge is 2.34. The maximum Gasteiger partial charge on any atom is 0.0636 e. The molecule has 0 amide bonds. The van der Waals surface area contributed by atoms with Crippen LogP contribution in [0.5, 0.6) is 0 Å². The van der Waals surface area contributed by atoms with Gasteiger partial charge in [-0.2, -0.15) is 0 Å². The second-order valence-electron chi connectivity index (χ2n) is 4.29. The maximum absolute atomic E-state index is 5.74. The molecule has 88 valence electrons. The number of hydrogen-bond acceptors (Lipinski definition) is 3. The normalized spacial score (nSPS) is 19.5. The van der Waals surface area contributed by atoms with Crippen LogP contribution in [-0.4, -0.2) is 0 Å². The van der Waals surface area contributed by atoms with Gasteiger partial charge >= 0.3 is 0 Å². The van der Waals surface area contributed by atoms with Crippen molar-refractivity contribution in [2.75, 3.05) is 0 Å². The topological polar surface area (TPSA) is 38.0 Å². The van der Waals surface area contributed by atoms with Gasteiger partial charge in [-0.1, -0.05) is 24.3 Å². The van der Waals surface area contributed by atoms with Crippen LogP contribution in [0.4, 0.5) is 0 Å². The zero-order valence-electron chi connectivity index (χ0n) is 9.19. The Labute approximate surface area is 113 Å². The standard InChI is InChI=1S/C13H13BrN2S/c14-11-5-6-17-13(11)12(16-15)10-7-8-3-1-2-4-9(8)10/h1-6,10,12,16H,7,15H2. The molecule has 1 aliphatic carbocycles. The molecule has 0 saturated carbocycles. The number of benzene rings is 1. The van der Waals surface area contributed by atoms with Gasteiger partial charge in [0.05, 0.1) is 6.04 Å². The van der Waals surface area contributed by atoms with E-state index >= 15 is 0 Å². The molecule has 3 N–H and O–H groups in total. The fraction of sp³-hybridized carbons (Fsp3) is 0.231. The highest BCUT2D eigenvalue weighted by atomic mass is 79.9. The first-order chi connectivity index (χ1) is 8.31. The summed E-state index contributed by atoms with van der Waals surface area (Å²) in [5.41, 5.74) is 5.84. The van der Waals surface area contributed by atoms with Crippen LogP contribution in [0.1, 0.15) is 28.0 Å². The number of thiophene rings is 1. The second-order valence-corrected chi connectivity index (χ2v) is 6.09. The Morgan fingerprint density at radius 2 is 2.18 bits per heavy atom. The average Bonchev–Trinajstić information content (AvgIpc) is 2.72. The minimum Gasteiger partial charge on any atom is -0.271 e. The minimum absolute atomic E-state index is 0.208. The van der Waals surface area contributed by atoms with Crippen molar-refractivity contribution in [2.24, 2.45) is 5.84 Å². The summed E-state index contributed by atoms with van der Waals surface area (Å²) in [6.45, 7) is 0. The molecule has 2 nitrogen and oxygen atoms in total. The number of hydrogen-bond donors (Lipinski definition) is 2. The summed E-state index contributed by atoms with van der Waals surface area (Å²) in [5.74, 6) is 6.23. The van der Waals surface area contributed by atoms with Gasteiger partial charge in [-0.3, -0.25) is 11.3 Å². The van der Waals surface area contributed by atoms with Crippen molar-refractivity contribution in [1.82, 2.24) is 5.43 Å². The lowest BCUT2D eigenvalue weighted by Crippen LogP contribution is -2.36. The molecule has 1 aliphatic rings. The van der Waals surface area contributed by atoms with E-state index in [1.54, 1.807) is 11.3 Å². The molecule has 1 aromatic carbocycles. The molecule has 17 heavy (non-hydrogen) atoms. The monoisotopic (exact) mass is 308 g/mol. The third-order valence-corrected chi connectivity index (χ3v) is 5.36. The number of rotatable bonds is 3. The molecule has 4 heteroatoms. The average molecular weight is 309 g/mol. The van der Waals surface area contributed by atoms with E-state index in [0.29, 0.717) is 5.92 Å². The zero-order valence-corrected chi connectivity index (χ0v) is 11.6. The van der Waals surface area contributed by atoms with E-state index < -0.39 is 0 Å². The first-order valence-corrected chi connectivity index (χ1v) is 7.25. The maximum atomic E-state index is 5.74. The zero-order chi connectivity index (χ0) is 11.8. The van der Waals surface area contributed by atoms with Gasteiger partial charge in [0, 0.05) is 15.3 Å². The predicted molar refractivity (Wildman–Crippen MR) is 75.0 cm³/mol. The van der Waals surface area contributed by atoms with Gasteiger partial charge in [0.15, 0.2) is 0 Å². The van der Waals surface area contributed by atoms with E-state index in [9.17, 15) is 0 Å². The Bertz CT molecular complexity index is 538. The first kappa shape index (κ1) is 11.4. The molecule has 3 rings (SSSR count). The Kier molecular flexibility index (Phi) is 3.04. The van der Waals surface area contributed by atoms with Crippen molar-refractivity contribution in [3.8, 4) is 0 Å². The lowest BCUT2D eigenvalue weighted by molar-refractivity contribution is 0.423. The summed E-state index contributed by atoms with van der Waals surface area (Å²) < 4.78 is 1.15. The van der Waals surface area contributed by atoms with E-state index in [-0.39, 0.29) is 6.04 Å². The van der Waals surface area contributed by atoms with Crippen molar-refractivity contribution in [2.45, 2.75) is 18.4 Å². The summed E-state index contributed by atoms with van der Waals surface area (Å²) in [4.78, 5) is 1.28. The van der Waals surface area contributed by atoms with E-state index in [4.69, 9.17) is 5.84 Å². The SMILES string of the molecule is NNC(c1sccc1Br)C1Cc2ccccc21. The van der Waals surface area contributed by atoms with Gasteiger partial charge in [0.2, 0.25) is 0 Å². The van der Waals surface area contributed by atoms with Crippen LogP contribution in [0.25, 0.3) is 0 Å². The van der Waals surface area contributed by atoms with Crippen molar-refractivity contribution in [3.63, 3.8) is 0 Å². The van der Waals surface area contributed by atoms with Gasteiger partial charge in [-0.05, 0) is 44.9 Å². The lowest BCUT2D eigenvalue weighted by atomic mass is 9.73. The van der Waals surface area contributed by atoms with E-state index in [1.165, 1.54) is 16.0 Å². The molecule has 0 spiro atoms. The first-order valence-electron chi connectivity index (χ1n) is 5.58. The number of hydrazine groups is 1. The predicted octanol–water partition coefficient (Wildman–Crippen LogP) is 3.35. The highest BCUT2D eigenvalue weighted by molar-refractivity contribution is 9.10. The Morgan fingerprint density at radius 3 is 2.82 bits per heavy atom. The van der Waals surface area contributed by atoms with Gasteiger partial charge in [-0.25, -0.2) is 0 Å². The molecular formula is C13H13BrN2S. The smallest absolute Gasteiger partial charge is 0.0636 e. The van der Waals surface area contributed by atoms with Crippen LogP contribution in [-0.2, 0) is 6.42 Å². The molecule has 2 aromatic rings. The van der Waals surface area contributed by atoms with Gasteiger partial charge in [0.1, 0.15) is 0 Å². The molecule has 2 atom stereocenters. The quantitative estimate of drug-likeness (QED) is 0.674. The Balaban J connectivity index is 1.93. The molecule has 0 radical (unpaired) electrons. The van der Waals surface area contributed by atoms with Crippen LogP contribution in [0.3, 0.4) is 0 Å². The van der Waals surface area contributed by atoms with Crippen molar-refractivity contribution >= 4 is 27.3 Å². The molecule has 0 saturated heterocycles. The Hall–Kier alpha value is -0.680. The van der Waals surface area contributed by atoms with Crippen LogP contribution >= 0.6 is 27.3 Å². The minimum atomic E-state index is 0.208. The summed E-state index contributed by atoms with van der Waals surface area (Å²) in [6.07, 6.45) is 1.11. The number of fused-ring (bicyclic) bond motifs is 1. The van der Waals surface area contributed by atoms with Gasteiger partial charge in [-0.15, -0.1) is 11.3 Å².